The number of hydrogen-bond acceptors (Lipinski definition) is 4. The van der Waals surface area contributed by atoms with Gasteiger partial charge in [0, 0.05) is 49.1 Å². The van der Waals surface area contributed by atoms with E-state index in [2.05, 4.69) is 194 Å². The summed E-state index contributed by atoms with van der Waals surface area (Å²) in [6, 6.07) is 110. The molecule has 0 N–H and O–H groups in total. The molecule has 18 rings (SSSR count). The van der Waals surface area contributed by atoms with Gasteiger partial charge in [-0.1, -0.05) is 261 Å². The molecule has 2 aromatic heterocycles. The topological polar surface area (TPSA) is 60.2 Å². The van der Waals surface area contributed by atoms with Gasteiger partial charge in [0.1, 0.15) is 16.6 Å². The largest absolute Gasteiger partial charge is 0.456 e. The standard InChI is InChI=1S/C85H53NO3P2/c87-90(58-20-4-1-5-21-58,59-22-6-2-7-23-59)62-43-46-82-78(50-62)77-49-56(39-45-81(77)89-82)74-51-79-67-30-13-11-28-65(67)76-48-55(38-44-73(76)85(79)71-34-18-15-31-68(71)74)54-36-41-61(42-37-54)91(88,60-24-8-3-9-25-60)83-47-40-57(53-86-83)75-52-80-66-29-12-10-26-63(66)64-27-14-17-33-70(64)84(80)72-35-19-16-32-69(72)75/h1-53H. The minimum atomic E-state index is -3.47. The number of rotatable bonds is 9. The molecule has 91 heavy (non-hydrogen) atoms. The van der Waals surface area contributed by atoms with Crippen molar-refractivity contribution in [3.05, 3.63) is 322 Å². The molecule has 0 amide bonds. The van der Waals surface area contributed by atoms with Crippen molar-refractivity contribution in [2.45, 2.75) is 0 Å². The van der Waals surface area contributed by atoms with Gasteiger partial charge in [0.2, 0.25) is 0 Å². The van der Waals surface area contributed by atoms with Gasteiger partial charge in [-0.2, -0.15) is 0 Å². The van der Waals surface area contributed by atoms with Crippen LogP contribution >= 0.6 is 14.3 Å². The normalized spacial score (nSPS) is 12.8. The molecule has 0 saturated heterocycles. The van der Waals surface area contributed by atoms with E-state index in [4.69, 9.17) is 9.40 Å². The van der Waals surface area contributed by atoms with E-state index >= 15 is 9.13 Å². The lowest BCUT2D eigenvalue weighted by molar-refractivity contribution is 0.591. The van der Waals surface area contributed by atoms with Gasteiger partial charge in [-0.3, -0.25) is 4.98 Å². The zero-order valence-corrected chi connectivity index (χ0v) is 51.0. The summed E-state index contributed by atoms with van der Waals surface area (Å²) in [5.41, 5.74) is 8.40. The minimum Gasteiger partial charge on any atom is -0.456 e. The summed E-state index contributed by atoms with van der Waals surface area (Å²) in [5, 5.41) is 24.7. The monoisotopic (exact) mass is 1200 g/mol. The molecule has 1 atom stereocenters. The molecular weight excluding hydrogens is 1140 g/mol. The van der Waals surface area contributed by atoms with E-state index in [9.17, 15) is 0 Å². The lowest BCUT2D eigenvalue weighted by Crippen LogP contribution is -2.26. The van der Waals surface area contributed by atoms with Gasteiger partial charge < -0.3 is 13.5 Å². The Morgan fingerprint density at radius 3 is 1.13 bits per heavy atom. The maximum Gasteiger partial charge on any atom is 0.188 e. The Balaban J connectivity index is 0.728. The summed E-state index contributed by atoms with van der Waals surface area (Å²) in [6.45, 7) is 0. The second-order valence-corrected chi connectivity index (χ2v) is 29.3. The van der Waals surface area contributed by atoms with E-state index in [1.54, 1.807) is 0 Å². The highest BCUT2D eigenvalue weighted by molar-refractivity contribution is 7.85. The summed E-state index contributed by atoms with van der Waals surface area (Å²) in [7, 11) is -6.71. The smallest absolute Gasteiger partial charge is 0.188 e. The van der Waals surface area contributed by atoms with E-state index in [0.29, 0.717) is 5.44 Å². The first-order valence-electron chi connectivity index (χ1n) is 30.9. The lowest BCUT2D eigenvalue weighted by Gasteiger charge is -2.20. The predicted octanol–water partition coefficient (Wildman–Crippen LogP) is 20.5. The van der Waals surface area contributed by atoms with Crippen LogP contribution in [0.2, 0.25) is 0 Å². The summed E-state index contributed by atoms with van der Waals surface area (Å²) in [5.74, 6) is 0. The predicted molar refractivity (Wildman–Crippen MR) is 387 cm³/mol. The summed E-state index contributed by atoms with van der Waals surface area (Å²) in [6.07, 6.45) is 1.92. The van der Waals surface area contributed by atoms with E-state index < -0.39 is 14.3 Å². The van der Waals surface area contributed by atoms with Gasteiger partial charge in [0.15, 0.2) is 14.3 Å². The highest BCUT2D eigenvalue weighted by Gasteiger charge is 2.33. The molecule has 0 spiro atoms. The van der Waals surface area contributed by atoms with Crippen LogP contribution in [0.15, 0.2) is 326 Å². The first kappa shape index (κ1) is 53.1. The maximum atomic E-state index is 16.2. The van der Waals surface area contributed by atoms with Crippen LogP contribution in [0.1, 0.15) is 0 Å². The second kappa shape index (κ2) is 20.8. The average Bonchev–Trinajstić information content (AvgIpc) is 1.66. The van der Waals surface area contributed by atoms with E-state index in [1.807, 2.05) is 128 Å². The fourth-order valence-corrected chi connectivity index (χ4v) is 19.9. The number of aromatic nitrogens is 1. The Labute approximate surface area is 524 Å². The van der Waals surface area contributed by atoms with Crippen molar-refractivity contribution in [1.82, 2.24) is 4.98 Å². The number of furan rings is 1. The van der Waals surface area contributed by atoms with Gasteiger partial charge in [-0.15, -0.1) is 0 Å². The molecule has 4 nitrogen and oxygen atoms in total. The number of benzene rings is 16. The van der Waals surface area contributed by atoms with E-state index in [-0.39, 0.29) is 0 Å². The average molecular weight is 1200 g/mol. The summed E-state index contributed by atoms with van der Waals surface area (Å²) >= 11 is 0. The van der Waals surface area contributed by atoms with Gasteiger partial charge >= 0.3 is 0 Å². The fraction of sp³-hybridized carbons (Fsp3) is 0. The Morgan fingerprint density at radius 1 is 0.231 bits per heavy atom. The number of fused-ring (bicyclic) bond motifs is 19. The SMILES string of the molecule is O=P(c1ccccc1)(c1ccccc1)c1ccc2oc3ccc(-c4cc5c6ccccc6c6cc(-c7ccc(P(=O)(c8ccccc8)c8ccc(-c9cc%10c%11ccccc%11c%11ccccc%11c%10c%10ccccc9%10)cn8)cc7)ccc6c5c5ccccc45)cc3c2c1. The molecule has 426 valence electrons. The Hall–Kier alpha value is -11.0. The lowest BCUT2D eigenvalue weighted by atomic mass is 9.86. The molecule has 18 aromatic rings. The molecule has 0 saturated carbocycles. The first-order valence-corrected chi connectivity index (χ1v) is 34.3. The molecule has 0 bridgehead atoms. The van der Waals surface area contributed by atoms with Crippen LogP contribution in [-0.4, -0.2) is 4.98 Å². The number of nitrogens with zero attached hydrogens (tertiary/aromatic N) is 1. The Kier molecular flexibility index (Phi) is 12.1. The maximum absolute atomic E-state index is 16.2. The van der Waals surface area contributed by atoms with Gasteiger partial charge in [0.05, 0.1) is 0 Å². The van der Waals surface area contributed by atoms with Crippen LogP contribution in [0.4, 0.5) is 0 Å². The zero-order valence-electron chi connectivity index (χ0n) is 49.2. The molecular formula is C85H53NO3P2. The zero-order chi connectivity index (χ0) is 60.4. The molecule has 0 radical (unpaired) electrons. The van der Waals surface area contributed by atoms with Crippen LogP contribution in [-0.2, 0) is 9.13 Å². The quantitative estimate of drug-likeness (QED) is 0.107. The highest BCUT2D eigenvalue weighted by atomic mass is 31.2. The molecule has 2 heterocycles. The molecule has 16 aromatic carbocycles. The van der Waals surface area contributed by atoms with Crippen LogP contribution < -0.4 is 32.0 Å². The molecule has 0 aliphatic heterocycles. The van der Waals surface area contributed by atoms with Crippen molar-refractivity contribution in [3.63, 3.8) is 0 Å². The third-order valence-electron chi connectivity index (χ3n) is 19.0. The van der Waals surface area contributed by atoms with Crippen molar-refractivity contribution in [2.24, 2.45) is 0 Å². The summed E-state index contributed by atoms with van der Waals surface area (Å²) < 4.78 is 38.3. The fourth-order valence-electron chi connectivity index (χ4n) is 14.7. The molecule has 0 aliphatic rings. The van der Waals surface area contributed by atoms with Gasteiger partial charge in [-0.25, -0.2) is 0 Å². The minimum absolute atomic E-state index is 0.538. The third-order valence-corrected chi connectivity index (χ3v) is 25.0. The van der Waals surface area contributed by atoms with Crippen molar-refractivity contribution >= 4 is 154 Å². The van der Waals surface area contributed by atoms with Crippen molar-refractivity contribution in [2.75, 3.05) is 0 Å². The van der Waals surface area contributed by atoms with Crippen molar-refractivity contribution < 1.29 is 13.5 Å². The molecule has 1 unspecified atom stereocenters. The Bertz CT molecular complexity index is 6080. The number of pyridine rings is 1. The molecule has 6 heteroatoms. The van der Waals surface area contributed by atoms with E-state index in [1.165, 1.54) is 64.6 Å². The second-order valence-electron chi connectivity index (χ2n) is 23.9. The van der Waals surface area contributed by atoms with Crippen LogP contribution in [0.5, 0.6) is 0 Å². The highest BCUT2D eigenvalue weighted by Crippen LogP contribution is 2.49. The van der Waals surface area contributed by atoms with Gasteiger partial charge in [-0.05, 0) is 169 Å². The molecule has 0 fully saturated rings. The number of hydrogen-bond donors (Lipinski definition) is 0. The third kappa shape index (κ3) is 8.20. The molecule has 0 aliphatic carbocycles. The summed E-state index contributed by atoms with van der Waals surface area (Å²) in [4.78, 5) is 5.16. The van der Waals surface area contributed by atoms with E-state index in [0.717, 1.165) is 103 Å². The van der Waals surface area contributed by atoms with Gasteiger partial charge in [0.25, 0.3) is 0 Å². The van der Waals surface area contributed by atoms with Crippen LogP contribution in [0.25, 0.3) is 141 Å². The van der Waals surface area contributed by atoms with Crippen LogP contribution in [0.3, 0.4) is 0 Å². The van der Waals surface area contributed by atoms with Crippen molar-refractivity contribution in [3.8, 4) is 33.4 Å². The van der Waals surface area contributed by atoms with Crippen molar-refractivity contribution in [1.29, 1.82) is 0 Å². The van der Waals surface area contributed by atoms with Crippen LogP contribution in [0, 0.1) is 0 Å². The Morgan fingerprint density at radius 2 is 0.593 bits per heavy atom. The first-order chi connectivity index (χ1) is 44.9.